The summed E-state index contributed by atoms with van der Waals surface area (Å²) in [6, 6.07) is 7.49. The SMILES string of the molecule is CC(C)(C)OC(=O)N1CCC(Oc2ccc(C(=O)N(F)c3ccc(S(C)(=O)=O)cc3)nn2)CC1. The lowest BCUT2D eigenvalue weighted by atomic mass is 10.1. The monoisotopic (exact) mass is 494 g/mol. The van der Waals surface area contributed by atoms with Gasteiger partial charge in [-0.25, -0.2) is 13.2 Å². The lowest BCUT2D eigenvalue weighted by Crippen LogP contribution is -2.44. The van der Waals surface area contributed by atoms with Crippen LogP contribution < -0.4 is 9.86 Å². The third-order valence-corrected chi connectivity index (χ3v) is 6.04. The van der Waals surface area contributed by atoms with Gasteiger partial charge in [0.05, 0.1) is 10.6 Å². The molecular weight excluding hydrogens is 467 g/mol. The van der Waals surface area contributed by atoms with Crippen LogP contribution in [-0.2, 0) is 14.6 Å². The normalized spacial score (nSPS) is 15.0. The second kappa shape index (κ2) is 9.92. The summed E-state index contributed by atoms with van der Waals surface area (Å²) in [5, 5.41) is 7.46. The maximum absolute atomic E-state index is 14.5. The van der Waals surface area contributed by atoms with Gasteiger partial charge in [0.1, 0.15) is 11.7 Å². The molecule has 0 radical (unpaired) electrons. The number of benzene rings is 1. The fourth-order valence-electron chi connectivity index (χ4n) is 3.19. The summed E-state index contributed by atoms with van der Waals surface area (Å²) in [5.74, 6) is -0.882. The molecule has 0 unspecified atom stereocenters. The van der Waals surface area contributed by atoms with E-state index in [9.17, 15) is 22.5 Å². The number of piperidine rings is 1. The zero-order valence-electron chi connectivity index (χ0n) is 19.4. The first kappa shape index (κ1) is 25.3. The molecule has 12 heteroatoms. The number of anilines is 1. The Morgan fingerprint density at radius 3 is 2.18 bits per heavy atom. The maximum Gasteiger partial charge on any atom is 0.410 e. The summed E-state index contributed by atoms with van der Waals surface area (Å²) >= 11 is 0. The molecule has 1 fully saturated rings. The van der Waals surface area contributed by atoms with Crippen LogP contribution in [0.2, 0.25) is 0 Å². The Kier molecular flexibility index (Phi) is 7.39. The Morgan fingerprint density at radius 2 is 1.68 bits per heavy atom. The summed E-state index contributed by atoms with van der Waals surface area (Å²) in [4.78, 5) is 26.1. The number of carbonyl (C=O) groups is 2. The highest BCUT2D eigenvalue weighted by Crippen LogP contribution is 2.22. The van der Waals surface area contributed by atoms with E-state index in [4.69, 9.17) is 9.47 Å². The van der Waals surface area contributed by atoms with Crippen LogP contribution in [0.3, 0.4) is 0 Å². The van der Waals surface area contributed by atoms with E-state index in [1.165, 1.54) is 36.4 Å². The smallest absolute Gasteiger partial charge is 0.410 e. The van der Waals surface area contributed by atoms with Crippen molar-refractivity contribution in [3.63, 3.8) is 0 Å². The number of amides is 2. The topological polar surface area (TPSA) is 119 Å². The number of halogens is 1. The Labute approximate surface area is 197 Å². The molecular formula is C22H27FN4O6S. The first-order chi connectivity index (χ1) is 15.8. The van der Waals surface area contributed by atoms with E-state index < -0.39 is 21.3 Å². The van der Waals surface area contributed by atoms with Gasteiger partial charge in [-0.3, -0.25) is 4.79 Å². The van der Waals surface area contributed by atoms with Gasteiger partial charge in [-0.05, 0) is 51.1 Å². The van der Waals surface area contributed by atoms with Gasteiger partial charge >= 0.3 is 12.0 Å². The van der Waals surface area contributed by atoms with Gasteiger partial charge in [-0.15, -0.1) is 15.3 Å². The van der Waals surface area contributed by atoms with E-state index >= 15 is 0 Å². The maximum atomic E-state index is 14.5. The molecule has 1 aromatic carbocycles. The summed E-state index contributed by atoms with van der Waals surface area (Å²) < 4.78 is 48.7. The molecule has 0 atom stereocenters. The molecule has 2 aromatic rings. The van der Waals surface area contributed by atoms with E-state index in [-0.39, 0.29) is 39.5 Å². The fourth-order valence-corrected chi connectivity index (χ4v) is 3.82. The molecule has 0 aliphatic carbocycles. The van der Waals surface area contributed by atoms with Gasteiger partial charge in [0, 0.05) is 38.3 Å². The van der Waals surface area contributed by atoms with E-state index in [2.05, 4.69) is 10.2 Å². The van der Waals surface area contributed by atoms with Crippen molar-refractivity contribution >= 4 is 27.5 Å². The van der Waals surface area contributed by atoms with Crippen LogP contribution in [0.4, 0.5) is 15.0 Å². The molecule has 0 spiro atoms. The van der Waals surface area contributed by atoms with Gasteiger partial charge in [0.25, 0.3) is 0 Å². The van der Waals surface area contributed by atoms with Crippen molar-refractivity contribution in [3.8, 4) is 5.88 Å². The molecule has 3 rings (SSSR count). The molecule has 1 saturated heterocycles. The Morgan fingerprint density at radius 1 is 1.06 bits per heavy atom. The van der Waals surface area contributed by atoms with Crippen LogP contribution in [0.25, 0.3) is 0 Å². The Hall–Kier alpha value is -3.28. The average molecular weight is 495 g/mol. The van der Waals surface area contributed by atoms with Crippen molar-refractivity contribution < 1.29 is 32.0 Å². The number of ether oxygens (including phenoxy) is 2. The van der Waals surface area contributed by atoms with Crippen LogP contribution in [0.5, 0.6) is 5.88 Å². The van der Waals surface area contributed by atoms with Crippen LogP contribution in [0.1, 0.15) is 44.1 Å². The molecule has 1 aliphatic heterocycles. The van der Waals surface area contributed by atoms with Gasteiger partial charge in [-0.1, -0.05) is 4.48 Å². The summed E-state index contributed by atoms with van der Waals surface area (Å²) in [7, 11) is -3.44. The standard InChI is InChI=1S/C22H27FN4O6S/c1-22(2,3)33-21(29)26-13-11-16(12-14-26)32-19-10-9-18(24-25-19)20(28)27(23)15-5-7-17(8-6-15)34(4,30)31/h5-10,16H,11-14H2,1-4H3. The summed E-state index contributed by atoms with van der Waals surface area (Å²) in [5.41, 5.74) is -0.952. The second-order valence-electron chi connectivity index (χ2n) is 8.89. The number of sulfone groups is 1. The fraction of sp³-hybridized carbons (Fsp3) is 0.455. The van der Waals surface area contributed by atoms with Crippen molar-refractivity contribution in [1.82, 2.24) is 15.1 Å². The minimum Gasteiger partial charge on any atom is -0.473 e. The predicted molar refractivity (Wildman–Crippen MR) is 121 cm³/mol. The molecule has 2 heterocycles. The highest BCUT2D eigenvalue weighted by molar-refractivity contribution is 7.90. The quantitative estimate of drug-likeness (QED) is 0.582. The summed E-state index contributed by atoms with van der Waals surface area (Å²) in [6.45, 7) is 6.37. The van der Waals surface area contributed by atoms with Crippen LogP contribution in [-0.4, -0.2) is 66.6 Å². The van der Waals surface area contributed by atoms with Crippen molar-refractivity contribution in [2.45, 2.75) is 50.2 Å². The van der Waals surface area contributed by atoms with Gasteiger partial charge in [0.2, 0.25) is 5.88 Å². The molecule has 0 saturated carbocycles. The van der Waals surface area contributed by atoms with E-state index in [1.54, 1.807) is 4.90 Å². The third kappa shape index (κ3) is 6.62. The van der Waals surface area contributed by atoms with E-state index in [0.29, 0.717) is 25.9 Å². The van der Waals surface area contributed by atoms with Crippen molar-refractivity contribution in [2.24, 2.45) is 0 Å². The molecule has 184 valence electrons. The average Bonchev–Trinajstić information content (AvgIpc) is 2.77. The van der Waals surface area contributed by atoms with Crippen LogP contribution >= 0.6 is 0 Å². The van der Waals surface area contributed by atoms with Crippen molar-refractivity contribution in [3.05, 3.63) is 42.1 Å². The van der Waals surface area contributed by atoms with Gasteiger partial charge < -0.3 is 14.4 Å². The minimum absolute atomic E-state index is 0.00956. The second-order valence-corrected chi connectivity index (χ2v) is 10.9. The largest absolute Gasteiger partial charge is 0.473 e. The Bertz CT molecular complexity index is 1130. The molecule has 0 bridgehead atoms. The summed E-state index contributed by atoms with van der Waals surface area (Å²) in [6.07, 6.45) is 1.62. The number of rotatable bonds is 5. The third-order valence-electron chi connectivity index (χ3n) is 4.91. The molecule has 34 heavy (non-hydrogen) atoms. The zero-order valence-corrected chi connectivity index (χ0v) is 20.2. The molecule has 1 aliphatic rings. The number of hydrogen-bond acceptors (Lipinski definition) is 8. The van der Waals surface area contributed by atoms with Gasteiger partial charge in [0.15, 0.2) is 15.5 Å². The van der Waals surface area contributed by atoms with Crippen molar-refractivity contribution in [1.29, 1.82) is 0 Å². The zero-order chi connectivity index (χ0) is 25.1. The molecule has 1 aromatic heterocycles. The number of hydrogen-bond donors (Lipinski definition) is 0. The highest BCUT2D eigenvalue weighted by atomic mass is 32.2. The van der Waals surface area contributed by atoms with Gasteiger partial charge in [-0.2, -0.15) is 0 Å². The van der Waals surface area contributed by atoms with Crippen LogP contribution in [0, 0.1) is 0 Å². The first-order valence-electron chi connectivity index (χ1n) is 10.6. The first-order valence-corrected chi connectivity index (χ1v) is 12.5. The van der Waals surface area contributed by atoms with E-state index in [1.807, 2.05) is 20.8 Å². The molecule has 0 N–H and O–H groups in total. The van der Waals surface area contributed by atoms with Crippen molar-refractivity contribution in [2.75, 3.05) is 24.5 Å². The number of nitrogens with zero attached hydrogens (tertiary/aromatic N) is 4. The number of carbonyl (C=O) groups excluding carboxylic acids is 2. The van der Waals surface area contributed by atoms with Crippen LogP contribution in [0.15, 0.2) is 41.3 Å². The lowest BCUT2D eigenvalue weighted by molar-refractivity contribution is 0.0122. The Balaban J connectivity index is 1.55. The van der Waals surface area contributed by atoms with E-state index in [0.717, 1.165) is 6.26 Å². The number of aromatic nitrogens is 2. The minimum atomic E-state index is -3.44. The highest BCUT2D eigenvalue weighted by Gasteiger charge is 2.28. The molecule has 10 nitrogen and oxygen atoms in total. The molecule has 2 amide bonds. The lowest BCUT2D eigenvalue weighted by Gasteiger charge is -2.33. The predicted octanol–water partition coefficient (Wildman–Crippen LogP) is 3.19. The number of likely N-dealkylation sites (tertiary alicyclic amines) is 1.